The van der Waals surface area contributed by atoms with Crippen LogP contribution in [0.25, 0.3) is 6.08 Å². The van der Waals surface area contributed by atoms with Crippen molar-refractivity contribution in [1.29, 1.82) is 5.26 Å². The molecular formula is C23H24N2O4. The van der Waals surface area contributed by atoms with Crippen molar-refractivity contribution in [2.75, 3.05) is 18.5 Å². The molecule has 6 heteroatoms. The number of nitrogens with zero attached hydrogens (tertiary/aromatic N) is 1. The number of benzene rings is 2. The monoisotopic (exact) mass is 392 g/mol. The van der Waals surface area contributed by atoms with Gasteiger partial charge in [0, 0.05) is 11.8 Å². The minimum Gasteiger partial charge on any atom is -0.479 e. The van der Waals surface area contributed by atoms with Crippen LogP contribution >= 0.6 is 0 Å². The van der Waals surface area contributed by atoms with E-state index >= 15 is 0 Å². The number of hydrogen-bond acceptors (Lipinski definition) is 5. The molecule has 1 amide bonds. The lowest BCUT2D eigenvalue weighted by Crippen LogP contribution is -2.21. The number of hydrogen-bond donors (Lipinski definition) is 1. The molecule has 0 heterocycles. The van der Waals surface area contributed by atoms with E-state index in [1.54, 1.807) is 30.3 Å². The smallest absolute Gasteiger partial charge is 0.331 e. The first kappa shape index (κ1) is 21.7. The van der Waals surface area contributed by atoms with Crippen molar-refractivity contribution in [3.05, 3.63) is 65.2 Å². The van der Waals surface area contributed by atoms with Crippen molar-refractivity contribution in [2.24, 2.45) is 0 Å². The number of ether oxygens (including phenoxy) is 2. The number of aryl methyl sites for hydroxylation is 1. The first-order chi connectivity index (χ1) is 13.9. The van der Waals surface area contributed by atoms with E-state index in [4.69, 9.17) is 14.7 Å². The number of amides is 1. The maximum Gasteiger partial charge on any atom is 0.331 e. The maximum atomic E-state index is 12.2. The summed E-state index contributed by atoms with van der Waals surface area (Å²) in [7, 11) is 0. The summed E-state index contributed by atoms with van der Waals surface area (Å²) in [6.45, 7) is 5.64. The van der Waals surface area contributed by atoms with E-state index < -0.39 is 5.97 Å². The van der Waals surface area contributed by atoms with Crippen LogP contribution in [0.3, 0.4) is 0 Å². The van der Waals surface area contributed by atoms with Crippen molar-refractivity contribution in [1.82, 2.24) is 0 Å². The van der Waals surface area contributed by atoms with Gasteiger partial charge in [-0.05, 0) is 47.7 Å². The second-order valence-corrected chi connectivity index (χ2v) is 6.70. The van der Waals surface area contributed by atoms with Gasteiger partial charge in [0.1, 0.15) is 11.8 Å². The molecule has 0 saturated heterocycles. The third kappa shape index (κ3) is 6.82. The standard InChI is InChI=1S/C23H24N2O4/c1-16(2)20-6-4-5-17(3)23(20)25-21(26)15-29-22(27)12-9-18-7-10-19(11-8-18)28-14-13-24/h4-12,16H,14-15H2,1-3H3,(H,25,26)/b12-9+. The molecule has 0 atom stereocenters. The topological polar surface area (TPSA) is 88.4 Å². The molecule has 0 aliphatic heterocycles. The van der Waals surface area contributed by atoms with Gasteiger partial charge in [0.15, 0.2) is 13.2 Å². The predicted molar refractivity (Wildman–Crippen MR) is 111 cm³/mol. The minimum atomic E-state index is -0.612. The molecule has 0 unspecified atom stereocenters. The second kappa shape index (κ2) is 10.7. The van der Waals surface area contributed by atoms with Crippen LogP contribution in [0.4, 0.5) is 5.69 Å². The Hall–Kier alpha value is -3.59. The number of carbonyl (C=O) groups excluding carboxylic acids is 2. The number of anilines is 1. The number of nitrogens with one attached hydrogen (secondary N) is 1. The van der Waals surface area contributed by atoms with Crippen LogP contribution in [0.2, 0.25) is 0 Å². The summed E-state index contributed by atoms with van der Waals surface area (Å²) < 4.78 is 10.2. The summed E-state index contributed by atoms with van der Waals surface area (Å²) in [5, 5.41) is 11.3. The summed E-state index contributed by atoms with van der Waals surface area (Å²) in [6, 6.07) is 14.6. The molecule has 29 heavy (non-hydrogen) atoms. The molecule has 0 aliphatic rings. The Morgan fingerprint density at radius 3 is 2.55 bits per heavy atom. The molecule has 2 rings (SSSR count). The fourth-order valence-electron chi connectivity index (χ4n) is 2.66. The Morgan fingerprint density at radius 1 is 1.17 bits per heavy atom. The molecular weight excluding hydrogens is 368 g/mol. The van der Waals surface area contributed by atoms with Crippen LogP contribution in [0.5, 0.6) is 5.75 Å². The highest BCUT2D eigenvalue weighted by molar-refractivity contribution is 5.95. The van der Waals surface area contributed by atoms with Crippen LogP contribution in [0.1, 0.15) is 36.5 Å². The lowest BCUT2D eigenvalue weighted by Gasteiger charge is -2.16. The summed E-state index contributed by atoms with van der Waals surface area (Å²) in [5.74, 6) is -0.173. The Balaban J connectivity index is 1.87. The number of esters is 1. The maximum absolute atomic E-state index is 12.2. The van der Waals surface area contributed by atoms with Gasteiger partial charge >= 0.3 is 5.97 Å². The van der Waals surface area contributed by atoms with Gasteiger partial charge in [-0.25, -0.2) is 4.79 Å². The molecule has 0 fully saturated rings. The van der Waals surface area contributed by atoms with E-state index in [0.717, 1.165) is 22.4 Å². The molecule has 0 aliphatic carbocycles. The molecule has 6 nitrogen and oxygen atoms in total. The van der Waals surface area contributed by atoms with Gasteiger partial charge in [-0.1, -0.05) is 44.2 Å². The molecule has 0 aromatic heterocycles. The van der Waals surface area contributed by atoms with Gasteiger partial charge in [0.2, 0.25) is 0 Å². The van der Waals surface area contributed by atoms with Crippen molar-refractivity contribution in [2.45, 2.75) is 26.7 Å². The van der Waals surface area contributed by atoms with Gasteiger partial charge in [0.25, 0.3) is 5.91 Å². The Morgan fingerprint density at radius 2 is 1.90 bits per heavy atom. The van der Waals surface area contributed by atoms with Gasteiger partial charge in [-0.2, -0.15) is 5.26 Å². The van der Waals surface area contributed by atoms with Gasteiger partial charge in [0.05, 0.1) is 0 Å². The van der Waals surface area contributed by atoms with E-state index in [0.29, 0.717) is 5.75 Å². The zero-order valence-electron chi connectivity index (χ0n) is 16.8. The SMILES string of the molecule is Cc1cccc(C(C)C)c1NC(=O)COC(=O)/C=C/c1ccc(OCC#N)cc1. The van der Waals surface area contributed by atoms with E-state index in [1.165, 1.54) is 6.08 Å². The zero-order valence-corrected chi connectivity index (χ0v) is 16.8. The quantitative estimate of drug-likeness (QED) is 0.537. The Kier molecular flexibility index (Phi) is 7.99. The fraction of sp³-hybridized carbons (Fsp3) is 0.261. The summed E-state index contributed by atoms with van der Waals surface area (Å²) in [6.07, 6.45) is 2.83. The summed E-state index contributed by atoms with van der Waals surface area (Å²) in [5.41, 5.74) is 3.51. The molecule has 150 valence electrons. The highest BCUT2D eigenvalue weighted by Crippen LogP contribution is 2.27. The molecule has 0 spiro atoms. The third-order valence-electron chi connectivity index (χ3n) is 4.13. The molecule has 0 radical (unpaired) electrons. The van der Waals surface area contributed by atoms with Crippen LogP contribution < -0.4 is 10.1 Å². The molecule has 0 bridgehead atoms. The van der Waals surface area contributed by atoms with Crippen LogP contribution in [-0.4, -0.2) is 25.1 Å². The number of para-hydroxylation sites is 1. The highest BCUT2D eigenvalue weighted by atomic mass is 16.5. The number of rotatable bonds is 8. The second-order valence-electron chi connectivity index (χ2n) is 6.70. The lowest BCUT2D eigenvalue weighted by molar-refractivity contribution is -0.142. The summed E-state index contributed by atoms with van der Waals surface area (Å²) >= 11 is 0. The van der Waals surface area contributed by atoms with E-state index in [2.05, 4.69) is 19.2 Å². The fourth-order valence-corrected chi connectivity index (χ4v) is 2.66. The normalized spacial score (nSPS) is 10.6. The van der Waals surface area contributed by atoms with Crippen molar-refractivity contribution < 1.29 is 19.1 Å². The van der Waals surface area contributed by atoms with Crippen molar-refractivity contribution in [3.8, 4) is 11.8 Å². The summed E-state index contributed by atoms with van der Waals surface area (Å²) in [4.78, 5) is 24.1. The van der Waals surface area contributed by atoms with Crippen molar-refractivity contribution in [3.63, 3.8) is 0 Å². The van der Waals surface area contributed by atoms with E-state index in [1.807, 2.05) is 31.2 Å². The highest BCUT2D eigenvalue weighted by Gasteiger charge is 2.13. The Bertz CT molecular complexity index is 925. The van der Waals surface area contributed by atoms with Gasteiger partial charge in [-0.15, -0.1) is 0 Å². The van der Waals surface area contributed by atoms with Crippen LogP contribution in [0, 0.1) is 18.3 Å². The van der Waals surface area contributed by atoms with Crippen LogP contribution in [0.15, 0.2) is 48.5 Å². The molecule has 0 saturated carbocycles. The van der Waals surface area contributed by atoms with Gasteiger partial charge in [-0.3, -0.25) is 4.79 Å². The minimum absolute atomic E-state index is 0.0231. The first-order valence-electron chi connectivity index (χ1n) is 9.24. The van der Waals surface area contributed by atoms with Crippen LogP contribution in [-0.2, 0) is 14.3 Å². The lowest BCUT2D eigenvalue weighted by atomic mass is 9.98. The molecule has 2 aromatic carbocycles. The van der Waals surface area contributed by atoms with E-state index in [-0.39, 0.29) is 25.0 Å². The van der Waals surface area contributed by atoms with E-state index in [9.17, 15) is 9.59 Å². The number of carbonyl (C=O) groups is 2. The zero-order chi connectivity index (χ0) is 21.2. The predicted octanol–water partition coefficient (Wildman–Crippen LogP) is 4.22. The van der Waals surface area contributed by atoms with Gasteiger partial charge < -0.3 is 14.8 Å². The number of nitriles is 1. The Labute approximate surface area is 170 Å². The largest absolute Gasteiger partial charge is 0.479 e. The molecule has 2 aromatic rings. The first-order valence-corrected chi connectivity index (χ1v) is 9.24. The third-order valence-corrected chi connectivity index (χ3v) is 4.13. The average molecular weight is 392 g/mol. The molecule has 1 N–H and O–H groups in total. The average Bonchev–Trinajstić information content (AvgIpc) is 2.71. The van der Waals surface area contributed by atoms with Crippen molar-refractivity contribution >= 4 is 23.6 Å².